The molecule has 1 aromatic carbocycles. The second-order valence-electron chi connectivity index (χ2n) is 5.27. The molecule has 2 rings (SSSR count). The van der Waals surface area contributed by atoms with Gasteiger partial charge in [0, 0.05) is 0 Å². The fourth-order valence-electron chi connectivity index (χ4n) is 2.49. The number of nitrogens with zero attached hydrogens (tertiary/aromatic N) is 1. The van der Waals surface area contributed by atoms with Crippen molar-refractivity contribution < 1.29 is 34.9 Å². The molecule has 0 N–H and O–H groups in total. The first-order valence-electron chi connectivity index (χ1n) is 7.87. The van der Waals surface area contributed by atoms with Gasteiger partial charge in [0.25, 0.3) is 0 Å². The van der Waals surface area contributed by atoms with Gasteiger partial charge in [-0.2, -0.15) is 0 Å². The van der Waals surface area contributed by atoms with Gasteiger partial charge in [-0.1, -0.05) is 0 Å². The predicted octanol–water partition coefficient (Wildman–Crippen LogP) is 2.58. The van der Waals surface area contributed by atoms with E-state index in [2.05, 4.69) is 17.0 Å². The Morgan fingerprint density at radius 2 is 2.08 bits per heavy atom. The van der Waals surface area contributed by atoms with E-state index >= 15 is 0 Å². The fourth-order valence-corrected chi connectivity index (χ4v) is 4.33. The summed E-state index contributed by atoms with van der Waals surface area (Å²) in [6, 6.07) is 7.25. The van der Waals surface area contributed by atoms with E-state index in [-0.39, 0.29) is 23.6 Å². The maximum atomic E-state index is 13.0. The number of sulfonamides is 1. The Balaban J connectivity index is 2.44. The summed E-state index contributed by atoms with van der Waals surface area (Å²) >= 11 is 8.46. The first-order chi connectivity index (χ1) is 12.4. The summed E-state index contributed by atoms with van der Waals surface area (Å²) in [5.74, 6) is -0.549. The van der Waals surface area contributed by atoms with Crippen molar-refractivity contribution in [1.82, 2.24) is 4.31 Å². The zero-order valence-electron chi connectivity index (χ0n) is 14.1. The molecule has 137 valence electrons. The number of hydrogen-bond donors (Lipinski definition) is 0. The van der Waals surface area contributed by atoms with E-state index in [1.165, 1.54) is 22.5 Å². The Bertz CT molecular complexity index is 862. The Morgan fingerprint density at radius 3 is 2.69 bits per heavy atom. The van der Waals surface area contributed by atoms with E-state index in [0.717, 1.165) is 0 Å². The Hall–Kier alpha value is -1.44. The van der Waals surface area contributed by atoms with Crippen molar-refractivity contribution in [3.05, 3.63) is 65.2 Å². The molecule has 1 unspecified atom stereocenters. The van der Waals surface area contributed by atoms with Crippen LogP contribution in [0.4, 0.5) is 0 Å². The fraction of sp³-hybridized carbons (Fsp3) is 0.222. The number of carbonyl (C=O) groups excluding carboxylic acids is 1. The monoisotopic (exact) mass is 430 g/mol. The number of halogens is 1. The van der Waals surface area contributed by atoms with Gasteiger partial charge in [0.1, 0.15) is 0 Å². The van der Waals surface area contributed by atoms with E-state index in [1.54, 1.807) is 48.1 Å². The Labute approximate surface area is 167 Å². The molecular formula is C18H18ClNO4SV. The third kappa shape index (κ3) is 4.84. The van der Waals surface area contributed by atoms with E-state index in [4.69, 9.17) is 16.3 Å². The second kappa shape index (κ2) is 9.49. The standard InChI is InChI=1S/C18H18ClNO4S.V/c1-3-8-14(19)13-17-16(18(21)24-4-2)11-12-20(17)25(22,23)15-9-6-5-7-10-15;/h1,3,5-11,13,17H,4,12H2,2H3;/b8-3-,14-13?;. The van der Waals surface area contributed by atoms with Crippen molar-refractivity contribution in [2.45, 2.75) is 17.9 Å². The molecule has 0 saturated heterocycles. The van der Waals surface area contributed by atoms with Crippen molar-refractivity contribution in [2.24, 2.45) is 0 Å². The number of rotatable bonds is 7. The third-order valence-electron chi connectivity index (χ3n) is 3.64. The Kier molecular flexibility index (Phi) is 7.61. The zero-order valence-corrected chi connectivity index (χ0v) is 17.0. The van der Waals surface area contributed by atoms with Crippen LogP contribution in [0.5, 0.6) is 0 Å². The molecule has 0 aromatic heterocycles. The van der Waals surface area contributed by atoms with Crippen LogP contribution >= 0.6 is 11.6 Å². The molecule has 0 spiro atoms. The number of allylic oxidation sites excluding steroid dienone is 3. The number of hydrogen-bond acceptors (Lipinski definition) is 4. The molecule has 1 heterocycles. The normalized spacial score (nSPS) is 18.7. The molecule has 1 aliphatic heterocycles. The van der Waals surface area contributed by atoms with E-state index < -0.39 is 22.0 Å². The van der Waals surface area contributed by atoms with Crippen LogP contribution in [0.3, 0.4) is 0 Å². The van der Waals surface area contributed by atoms with Gasteiger partial charge in [-0.05, 0) is 0 Å². The number of esters is 1. The molecule has 0 radical (unpaired) electrons. The molecule has 0 bridgehead atoms. The molecular weight excluding hydrogens is 413 g/mol. The van der Waals surface area contributed by atoms with Crippen LogP contribution in [0, 0.1) is 0 Å². The van der Waals surface area contributed by atoms with Crippen LogP contribution in [-0.4, -0.2) is 42.6 Å². The molecule has 1 aromatic rings. The van der Waals surface area contributed by atoms with Crippen LogP contribution < -0.4 is 0 Å². The van der Waals surface area contributed by atoms with Gasteiger partial charge >= 0.3 is 168 Å². The van der Waals surface area contributed by atoms with Gasteiger partial charge in [0.05, 0.1) is 0 Å². The summed E-state index contributed by atoms with van der Waals surface area (Å²) in [5.41, 5.74) is 0.258. The summed E-state index contributed by atoms with van der Waals surface area (Å²) in [4.78, 5) is 12.4. The molecule has 1 atom stereocenters. The third-order valence-corrected chi connectivity index (χ3v) is 6.02. The van der Waals surface area contributed by atoms with Crippen molar-refractivity contribution in [1.29, 1.82) is 0 Å². The van der Waals surface area contributed by atoms with Gasteiger partial charge in [-0.25, -0.2) is 0 Å². The minimum atomic E-state index is -3.80. The van der Waals surface area contributed by atoms with E-state index in [9.17, 15) is 13.2 Å². The maximum absolute atomic E-state index is 13.0. The molecule has 0 saturated carbocycles. The number of ether oxygens (including phenoxy) is 1. The van der Waals surface area contributed by atoms with E-state index in [0.29, 0.717) is 5.03 Å². The Morgan fingerprint density at radius 1 is 1.38 bits per heavy atom. The summed E-state index contributed by atoms with van der Waals surface area (Å²) in [7, 11) is -3.80. The molecule has 8 heteroatoms. The summed E-state index contributed by atoms with van der Waals surface area (Å²) < 4.78 is 34.0. The van der Waals surface area contributed by atoms with Crippen LogP contribution in [0.1, 0.15) is 6.92 Å². The molecule has 26 heavy (non-hydrogen) atoms. The van der Waals surface area contributed by atoms with Crippen molar-refractivity contribution in [2.75, 3.05) is 13.2 Å². The summed E-state index contributed by atoms with van der Waals surface area (Å²) in [6.45, 7) is 1.97. The van der Waals surface area contributed by atoms with Gasteiger partial charge < -0.3 is 0 Å². The predicted molar refractivity (Wildman–Crippen MR) is 98.0 cm³/mol. The molecule has 1 aliphatic rings. The van der Waals surface area contributed by atoms with Crippen LogP contribution in [0.25, 0.3) is 0 Å². The van der Waals surface area contributed by atoms with Crippen LogP contribution in [0.2, 0.25) is 0 Å². The zero-order chi connectivity index (χ0) is 19.2. The van der Waals surface area contributed by atoms with Gasteiger partial charge in [-0.15, -0.1) is 0 Å². The van der Waals surface area contributed by atoms with Crippen molar-refractivity contribution in [3.8, 4) is 0 Å². The average Bonchev–Trinajstić information content (AvgIpc) is 3.05. The summed E-state index contributed by atoms with van der Waals surface area (Å²) in [6.07, 6.45) is 6.42. The van der Waals surface area contributed by atoms with Crippen LogP contribution in [-0.2, 0) is 36.5 Å². The van der Waals surface area contributed by atoms with Gasteiger partial charge in [0.15, 0.2) is 0 Å². The topological polar surface area (TPSA) is 63.7 Å². The molecule has 0 fully saturated rings. The first kappa shape index (κ1) is 20.9. The minimum absolute atomic E-state index is 0.0667. The van der Waals surface area contributed by atoms with Crippen LogP contribution in [0.15, 0.2) is 70.1 Å². The van der Waals surface area contributed by atoms with E-state index in [1.807, 2.05) is 0 Å². The molecule has 0 amide bonds. The summed E-state index contributed by atoms with van der Waals surface area (Å²) in [5, 5.41) is 0.322. The second-order valence-corrected chi connectivity index (χ2v) is 8.06. The van der Waals surface area contributed by atoms with Crippen molar-refractivity contribution in [3.63, 3.8) is 0 Å². The van der Waals surface area contributed by atoms with Crippen molar-refractivity contribution >= 4 is 32.3 Å². The SMILES string of the molecule is CCOC(=O)C1=CCN(S(=O)(=O)c2ccccc2)C1C=C(Cl)/C=C\[CH]=[V]. The van der Waals surface area contributed by atoms with Gasteiger partial charge in [0.2, 0.25) is 0 Å². The number of benzene rings is 1. The average molecular weight is 431 g/mol. The molecule has 0 aliphatic carbocycles. The van der Waals surface area contributed by atoms with Gasteiger partial charge in [-0.3, -0.25) is 0 Å². The first-order valence-corrected chi connectivity index (χ1v) is 10.5. The quantitative estimate of drug-likeness (QED) is 0.493. The molecule has 5 nitrogen and oxygen atoms in total. The number of carbonyl (C=O) groups is 1.